The maximum absolute atomic E-state index is 14.8. The predicted molar refractivity (Wildman–Crippen MR) is 216 cm³/mol. The summed E-state index contributed by atoms with van der Waals surface area (Å²) >= 11 is 13.6. The zero-order valence-corrected chi connectivity index (χ0v) is 34.2. The molecule has 2 fully saturated rings. The van der Waals surface area contributed by atoms with Gasteiger partial charge in [-0.2, -0.15) is 0 Å². The lowest BCUT2D eigenvalue weighted by molar-refractivity contribution is 0.0980. The minimum absolute atomic E-state index is 0.00195. The van der Waals surface area contributed by atoms with Crippen LogP contribution in [0.15, 0.2) is 70.9 Å². The number of thioether (sulfide) groups is 2. The summed E-state index contributed by atoms with van der Waals surface area (Å²) in [5, 5.41) is 10.4. The molecule has 4 aliphatic rings. The molecule has 2 aromatic carbocycles. The minimum Gasteiger partial charge on any atom is -0.395 e. The second-order valence-electron chi connectivity index (χ2n) is 15.0. The molecular weight excluding hydrogens is 881 g/mol. The summed E-state index contributed by atoms with van der Waals surface area (Å²) in [5.74, 6) is -7.08. The zero-order chi connectivity index (χ0) is 43.4. The van der Waals surface area contributed by atoms with Gasteiger partial charge in [-0.05, 0) is 72.5 Å². The maximum atomic E-state index is 14.8. The number of Topliss-reactive ketones (excluding diaryl/α,β-unsaturated/α-hetero) is 2. The number of aliphatic hydroxyl groups excluding tert-OH is 1. The normalized spacial score (nSPS) is 27.4. The Kier molecular flexibility index (Phi) is 12.1. The van der Waals surface area contributed by atoms with E-state index >= 15 is 0 Å². The van der Waals surface area contributed by atoms with Crippen molar-refractivity contribution in [3.05, 3.63) is 128 Å². The molecule has 0 unspecified atom stereocenters. The largest absolute Gasteiger partial charge is 0.395 e. The molecule has 0 amide bonds. The van der Waals surface area contributed by atoms with Gasteiger partial charge in [-0.15, -0.1) is 0 Å². The number of fused-ring (bicyclic) bond motifs is 2. The lowest BCUT2D eigenvalue weighted by Gasteiger charge is -2.34. The Morgan fingerprint density at radius 1 is 0.683 bits per heavy atom. The third-order valence-corrected chi connectivity index (χ3v) is 14.2. The number of aliphatic hydroxyl groups is 1. The van der Waals surface area contributed by atoms with Gasteiger partial charge in [0.2, 0.25) is 0 Å². The van der Waals surface area contributed by atoms with Gasteiger partial charge in [-0.3, -0.25) is 19.6 Å². The van der Waals surface area contributed by atoms with Crippen molar-refractivity contribution in [2.75, 3.05) is 26.6 Å². The number of hydrogen-bond acceptors (Lipinski definition) is 11. The molecule has 20 heteroatoms. The molecule has 4 aromatic rings. The lowest BCUT2D eigenvalue weighted by Crippen LogP contribution is -2.41. The number of aromatic nitrogens is 2. The maximum Gasteiger partial charge on any atom is 0.185 e. The summed E-state index contributed by atoms with van der Waals surface area (Å²) in [4.78, 5) is 41.1. The lowest BCUT2D eigenvalue weighted by atomic mass is 9.83. The highest BCUT2D eigenvalue weighted by atomic mass is 35.5. The van der Waals surface area contributed by atoms with E-state index in [-0.39, 0.29) is 69.8 Å². The molecule has 6 atom stereocenters. The highest BCUT2D eigenvalue weighted by Crippen LogP contribution is 2.67. The van der Waals surface area contributed by atoms with Crippen LogP contribution < -0.4 is 11.5 Å². The van der Waals surface area contributed by atoms with E-state index in [9.17, 15) is 45.4 Å². The number of benzene rings is 2. The molecule has 0 radical (unpaired) electrons. The number of halogens is 9. The Labute approximate surface area is 356 Å². The van der Waals surface area contributed by atoms with E-state index in [0.717, 1.165) is 35.7 Å². The Hall–Kier alpha value is -4.23. The Balaban J connectivity index is 0.000000181. The van der Waals surface area contributed by atoms with Crippen LogP contribution in [0.3, 0.4) is 0 Å². The number of aliphatic imine (C=N–C) groups is 2. The van der Waals surface area contributed by atoms with Crippen LogP contribution in [0.4, 0.5) is 30.7 Å². The predicted octanol–water partition coefficient (Wildman–Crippen LogP) is 7.81. The number of pyridine rings is 2. The summed E-state index contributed by atoms with van der Waals surface area (Å²) in [6, 6.07) is 10.1. The van der Waals surface area contributed by atoms with Crippen molar-refractivity contribution in [2.45, 2.75) is 46.3 Å². The second-order valence-corrected chi connectivity index (χ2v) is 18.7. The van der Waals surface area contributed by atoms with E-state index in [0.29, 0.717) is 16.5 Å². The van der Waals surface area contributed by atoms with Crippen LogP contribution in [0.5, 0.6) is 0 Å². The van der Waals surface area contributed by atoms with Crippen molar-refractivity contribution >= 4 is 68.6 Å². The van der Waals surface area contributed by atoms with Crippen molar-refractivity contribution in [3.63, 3.8) is 0 Å². The van der Waals surface area contributed by atoms with Gasteiger partial charge in [0.25, 0.3) is 0 Å². The van der Waals surface area contributed by atoms with Gasteiger partial charge in [-0.1, -0.05) is 46.7 Å². The average molecular weight is 914 g/mol. The number of rotatable bonds is 12. The molecule has 2 aliphatic heterocycles. The SMILES string of the molecule is NC1=N[C@](CF)(c2cc(CC(=O)c3ccc(Cl)cn3)cc(F)c2F)[C@@H]2C[C@]2(CF)S1.NC1=N[C@](CF)(c2cc(CC(=O)c3ccc(Cl)cn3)cc(F)c2F)[C@@H]2C[C@]2(CO)S1. The molecule has 0 bridgehead atoms. The van der Waals surface area contributed by atoms with Crippen molar-refractivity contribution in [1.29, 1.82) is 0 Å². The minimum atomic E-state index is -1.83. The van der Waals surface area contributed by atoms with Gasteiger partial charge in [0.1, 0.15) is 42.5 Å². The van der Waals surface area contributed by atoms with Crippen LogP contribution >= 0.6 is 46.7 Å². The fourth-order valence-corrected chi connectivity index (χ4v) is 10.8. The fraction of sp³-hybridized carbons (Fsp3) is 0.350. The first-order valence-corrected chi connectivity index (χ1v) is 20.5. The van der Waals surface area contributed by atoms with Crippen LogP contribution in [0, 0.1) is 35.1 Å². The van der Waals surface area contributed by atoms with E-state index in [4.69, 9.17) is 34.7 Å². The number of nitrogens with two attached hydrogens (primary N) is 2. The van der Waals surface area contributed by atoms with Crippen LogP contribution in [-0.2, 0) is 23.9 Å². The van der Waals surface area contributed by atoms with E-state index in [1.165, 1.54) is 48.8 Å². The second kappa shape index (κ2) is 16.6. The highest BCUT2D eigenvalue weighted by molar-refractivity contribution is 8.15. The smallest absolute Gasteiger partial charge is 0.185 e. The Morgan fingerprint density at radius 2 is 1.10 bits per heavy atom. The first kappa shape index (κ1) is 43.8. The molecule has 2 aliphatic carbocycles. The van der Waals surface area contributed by atoms with Crippen LogP contribution in [0.1, 0.15) is 56.1 Å². The third-order valence-electron chi connectivity index (χ3n) is 11.2. The third kappa shape index (κ3) is 7.89. The summed E-state index contributed by atoms with van der Waals surface area (Å²) in [6.45, 7) is -3.37. The molecule has 0 spiro atoms. The van der Waals surface area contributed by atoms with Gasteiger partial charge in [0, 0.05) is 48.2 Å². The number of ketones is 2. The Bertz CT molecular complexity index is 2270. The first-order valence-electron chi connectivity index (χ1n) is 18.1. The van der Waals surface area contributed by atoms with Gasteiger partial charge >= 0.3 is 0 Å². The van der Waals surface area contributed by atoms with E-state index < -0.39 is 87.3 Å². The average Bonchev–Trinajstić information content (AvgIpc) is 4.15. The number of carbonyl (C=O) groups is 2. The number of nitrogens with zero attached hydrogens (tertiary/aromatic N) is 4. The number of amidine groups is 2. The Morgan fingerprint density at radius 3 is 1.48 bits per heavy atom. The molecule has 2 aromatic heterocycles. The van der Waals surface area contributed by atoms with E-state index in [1.54, 1.807) is 0 Å². The topological polar surface area (TPSA) is 157 Å². The monoisotopic (exact) mass is 912 g/mol. The standard InChI is InChI=1S/C20H16ClF4N3OS.C20H17ClF3N3O2S/c21-11-1-2-14(27-7-11)15(29)5-10-3-12(17(25)13(24)4-10)20(9-23)16-6-19(16,8-22)30-18(26)28-20;21-11-1-2-14(26-7-11)15(29)5-10-3-12(17(24)13(23)4-10)20(8-22)16-6-19(16,9-28)30-18(25)27-20/h1-4,7,16H,5-6,8-9H2,(H2,26,28);1-4,7,16,28H,5-6,8-9H2,(H2,25,27)/t2*16-,19-,20-/m11/s1. The number of carbonyl (C=O) groups excluding carboxylic acids is 2. The summed E-state index contributed by atoms with van der Waals surface area (Å²) in [5.41, 5.74) is 7.87. The van der Waals surface area contributed by atoms with Crippen LogP contribution in [0.2, 0.25) is 10.0 Å². The number of alkyl halides is 3. The zero-order valence-electron chi connectivity index (χ0n) is 31.0. The summed E-state index contributed by atoms with van der Waals surface area (Å²) in [6.07, 6.45) is 2.63. The molecule has 5 N–H and O–H groups in total. The van der Waals surface area contributed by atoms with Gasteiger partial charge < -0.3 is 16.6 Å². The summed E-state index contributed by atoms with van der Waals surface area (Å²) < 4.78 is 99.0. The van der Waals surface area contributed by atoms with Crippen LogP contribution in [0.25, 0.3) is 0 Å². The van der Waals surface area contributed by atoms with Crippen molar-refractivity contribution < 1.29 is 45.4 Å². The van der Waals surface area contributed by atoms with Crippen molar-refractivity contribution in [2.24, 2.45) is 33.3 Å². The molecule has 4 heterocycles. The molecular formula is C40H33Cl2F7N6O3S2. The molecule has 60 heavy (non-hydrogen) atoms. The van der Waals surface area contributed by atoms with E-state index in [2.05, 4.69) is 20.0 Å². The fourth-order valence-electron chi connectivity index (χ4n) is 8.04. The first-order chi connectivity index (χ1) is 28.5. The molecule has 2 saturated carbocycles. The number of hydrogen-bond donors (Lipinski definition) is 3. The molecule has 9 nitrogen and oxygen atoms in total. The quantitative estimate of drug-likeness (QED) is 0.0954. The van der Waals surface area contributed by atoms with Crippen LogP contribution in [-0.4, -0.2) is 73.1 Å². The molecule has 0 saturated heterocycles. The van der Waals surface area contributed by atoms with Gasteiger partial charge in [-0.25, -0.2) is 40.7 Å². The highest BCUT2D eigenvalue weighted by Gasteiger charge is 2.69. The molecule has 8 rings (SSSR count). The van der Waals surface area contributed by atoms with Gasteiger partial charge in [0.15, 0.2) is 45.2 Å². The van der Waals surface area contributed by atoms with Crippen molar-refractivity contribution in [3.8, 4) is 0 Å². The van der Waals surface area contributed by atoms with Crippen molar-refractivity contribution in [1.82, 2.24) is 9.97 Å². The van der Waals surface area contributed by atoms with Gasteiger partial charge in [0.05, 0.1) is 26.1 Å². The molecule has 316 valence electrons. The van der Waals surface area contributed by atoms with E-state index in [1.807, 2.05) is 0 Å². The summed E-state index contributed by atoms with van der Waals surface area (Å²) in [7, 11) is 0.